The predicted molar refractivity (Wildman–Crippen MR) is 70.5 cm³/mol. The minimum absolute atomic E-state index is 0.544. The highest BCUT2D eigenvalue weighted by molar-refractivity contribution is 6.33. The van der Waals surface area contributed by atoms with E-state index < -0.39 is 0 Å². The average Bonchev–Trinajstić information content (AvgIpc) is 2.36. The molecule has 2 rings (SSSR count). The molecule has 3 N–H and O–H groups in total. The van der Waals surface area contributed by atoms with Gasteiger partial charge in [0.2, 0.25) is 0 Å². The van der Waals surface area contributed by atoms with Crippen LogP contribution in [-0.2, 0) is 6.42 Å². The van der Waals surface area contributed by atoms with Crippen molar-refractivity contribution in [3.63, 3.8) is 0 Å². The fraction of sp³-hybridized carbons (Fsp3) is 0.250. The number of rotatable bonds is 3. The summed E-state index contributed by atoms with van der Waals surface area (Å²) in [5.74, 6) is 6.12. The molecule has 0 radical (unpaired) electrons. The third-order valence-corrected chi connectivity index (χ3v) is 2.95. The maximum atomic E-state index is 6.08. The van der Waals surface area contributed by atoms with Crippen molar-refractivity contribution in [2.24, 2.45) is 5.84 Å². The molecular weight excluding hydrogens is 238 g/mol. The summed E-state index contributed by atoms with van der Waals surface area (Å²) in [5.41, 5.74) is 5.27. The van der Waals surface area contributed by atoms with Crippen LogP contribution in [0.2, 0.25) is 5.02 Å². The summed E-state index contributed by atoms with van der Waals surface area (Å²) in [6.45, 7) is 2.04. The molecule has 0 saturated carbocycles. The van der Waals surface area contributed by atoms with E-state index in [1.165, 1.54) is 0 Å². The van der Waals surface area contributed by atoms with Crippen LogP contribution < -0.4 is 16.0 Å². The first-order chi connectivity index (χ1) is 8.19. The summed E-state index contributed by atoms with van der Waals surface area (Å²) in [6.07, 6.45) is 0.843. The van der Waals surface area contributed by atoms with Gasteiger partial charge in [-0.2, -0.15) is 0 Å². The molecule has 0 spiro atoms. The molecule has 0 amide bonds. The Hall–Kier alpha value is -1.52. The van der Waals surface area contributed by atoms with Crippen LogP contribution in [0.15, 0.2) is 18.2 Å². The number of aryl methyl sites for hydroxylation is 1. The van der Waals surface area contributed by atoms with Gasteiger partial charge in [0, 0.05) is 17.1 Å². The van der Waals surface area contributed by atoms with Crippen molar-refractivity contribution in [1.29, 1.82) is 0 Å². The van der Waals surface area contributed by atoms with Crippen molar-refractivity contribution >= 4 is 28.2 Å². The van der Waals surface area contributed by atoms with Crippen LogP contribution in [0, 0.1) is 0 Å². The first-order valence-corrected chi connectivity index (χ1v) is 5.71. The fourth-order valence-corrected chi connectivity index (χ4v) is 1.98. The standard InChI is InChI=1S/C12H14ClN3O/c1-3-7-4-11(16-14)8-5-9(13)12(17-2)6-10(8)15-7/h4-6H,3,14H2,1-2H3,(H,15,16). The summed E-state index contributed by atoms with van der Waals surface area (Å²) >= 11 is 6.08. The van der Waals surface area contributed by atoms with Gasteiger partial charge in [-0.3, -0.25) is 10.8 Å². The van der Waals surface area contributed by atoms with Gasteiger partial charge >= 0.3 is 0 Å². The molecule has 0 aliphatic heterocycles. The van der Waals surface area contributed by atoms with Crippen LogP contribution in [0.3, 0.4) is 0 Å². The molecule has 5 heteroatoms. The topological polar surface area (TPSA) is 60.2 Å². The Morgan fingerprint density at radius 2 is 2.18 bits per heavy atom. The molecule has 0 fully saturated rings. The maximum absolute atomic E-state index is 6.08. The SMILES string of the molecule is CCc1cc(NN)c2cc(Cl)c(OC)cc2n1. The highest BCUT2D eigenvalue weighted by atomic mass is 35.5. The van der Waals surface area contributed by atoms with Crippen molar-refractivity contribution in [3.8, 4) is 5.75 Å². The van der Waals surface area contributed by atoms with E-state index in [4.69, 9.17) is 22.2 Å². The van der Waals surface area contributed by atoms with Crippen LogP contribution in [0.5, 0.6) is 5.75 Å². The summed E-state index contributed by atoms with van der Waals surface area (Å²) < 4.78 is 5.18. The van der Waals surface area contributed by atoms with Crippen molar-refractivity contribution in [2.75, 3.05) is 12.5 Å². The van der Waals surface area contributed by atoms with Gasteiger partial charge in [0.15, 0.2) is 0 Å². The number of hydrazine groups is 1. The minimum Gasteiger partial charge on any atom is -0.495 e. The van der Waals surface area contributed by atoms with Crippen LogP contribution in [0.25, 0.3) is 10.9 Å². The largest absolute Gasteiger partial charge is 0.495 e. The fourth-order valence-electron chi connectivity index (χ4n) is 1.74. The number of pyridine rings is 1. The molecule has 0 saturated heterocycles. The first-order valence-electron chi connectivity index (χ1n) is 5.33. The number of methoxy groups -OCH3 is 1. The molecular formula is C12H14ClN3O. The monoisotopic (exact) mass is 251 g/mol. The quantitative estimate of drug-likeness (QED) is 0.651. The lowest BCUT2D eigenvalue weighted by Gasteiger charge is -2.10. The first kappa shape index (κ1) is 12.0. The molecule has 0 atom stereocenters. The molecule has 1 aromatic carbocycles. The molecule has 2 aromatic rings. The summed E-state index contributed by atoms with van der Waals surface area (Å²) in [5, 5.41) is 1.43. The van der Waals surface area contributed by atoms with Crippen LogP contribution in [0.4, 0.5) is 5.69 Å². The second kappa shape index (κ2) is 4.77. The number of ether oxygens (including phenoxy) is 1. The lowest BCUT2D eigenvalue weighted by atomic mass is 10.1. The number of anilines is 1. The van der Waals surface area contributed by atoms with Crippen molar-refractivity contribution in [3.05, 3.63) is 28.9 Å². The number of halogens is 1. The van der Waals surface area contributed by atoms with E-state index in [1.807, 2.05) is 19.1 Å². The third-order valence-electron chi connectivity index (χ3n) is 2.65. The van der Waals surface area contributed by atoms with Gasteiger partial charge in [0.05, 0.1) is 23.3 Å². The molecule has 0 aliphatic carbocycles. The molecule has 1 aromatic heterocycles. The van der Waals surface area contributed by atoms with Crippen LogP contribution in [-0.4, -0.2) is 12.1 Å². The number of nitrogen functional groups attached to an aromatic ring is 1. The third kappa shape index (κ3) is 2.14. The van der Waals surface area contributed by atoms with Crippen molar-refractivity contribution in [2.45, 2.75) is 13.3 Å². The maximum Gasteiger partial charge on any atom is 0.139 e. The molecule has 1 heterocycles. The van der Waals surface area contributed by atoms with E-state index in [9.17, 15) is 0 Å². The smallest absolute Gasteiger partial charge is 0.139 e. The molecule has 0 bridgehead atoms. The summed E-state index contributed by atoms with van der Waals surface area (Å²) in [6, 6.07) is 5.54. The van der Waals surface area contributed by atoms with Gasteiger partial charge in [0.25, 0.3) is 0 Å². The zero-order chi connectivity index (χ0) is 12.4. The molecule has 4 nitrogen and oxygen atoms in total. The second-order valence-corrected chi connectivity index (χ2v) is 4.07. The Balaban J connectivity index is 2.75. The Kier molecular flexibility index (Phi) is 3.36. The van der Waals surface area contributed by atoms with E-state index in [1.54, 1.807) is 13.2 Å². The molecule has 0 unspecified atom stereocenters. The van der Waals surface area contributed by atoms with Crippen LogP contribution >= 0.6 is 11.6 Å². The van der Waals surface area contributed by atoms with Gasteiger partial charge in [-0.25, -0.2) is 0 Å². The Morgan fingerprint density at radius 1 is 1.41 bits per heavy atom. The number of nitrogens with two attached hydrogens (primary N) is 1. The molecule has 17 heavy (non-hydrogen) atoms. The van der Waals surface area contributed by atoms with Gasteiger partial charge in [-0.1, -0.05) is 18.5 Å². The number of aromatic nitrogens is 1. The lowest BCUT2D eigenvalue weighted by molar-refractivity contribution is 0.415. The number of fused-ring (bicyclic) bond motifs is 1. The predicted octanol–water partition coefficient (Wildman–Crippen LogP) is 2.74. The minimum atomic E-state index is 0.544. The number of hydrogen-bond donors (Lipinski definition) is 2. The molecule has 0 aliphatic rings. The van der Waals surface area contributed by atoms with E-state index in [2.05, 4.69) is 10.4 Å². The van der Waals surface area contributed by atoms with E-state index in [0.717, 1.165) is 28.7 Å². The zero-order valence-corrected chi connectivity index (χ0v) is 10.5. The van der Waals surface area contributed by atoms with Crippen molar-refractivity contribution < 1.29 is 4.74 Å². The number of hydrogen-bond acceptors (Lipinski definition) is 4. The van der Waals surface area contributed by atoms with E-state index in [0.29, 0.717) is 10.8 Å². The van der Waals surface area contributed by atoms with Gasteiger partial charge in [-0.15, -0.1) is 0 Å². The average molecular weight is 252 g/mol. The van der Waals surface area contributed by atoms with Crippen molar-refractivity contribution in [1.82, 2.24) is 4.98 Å². The second-order valence-electron chi connectivity index (χ2n) is 3.66. The van der Waals surface area contributed by atoms with E-state index >= 15 is 0 Å². The highest BCUT2D eigenvalue weighted by Gasteiger charge is 2.09. The molecule has 90 valence electrons. The van der Waals surface area contributed by atoms with Gasteiger partial charge < -0.3 is 10.2 Å². The summed E-state index contributed by atoms with van der Waals surface area (Å²) in [4.78, 5) is 4.52. The summed E-state index contributed by atoms with van der Waals surface area (Å²) in [7, 11) is 1.58. The lowest BCUT2D eigenvalue weighted by Crippen LogP contribution is -2.08. The Labute approximate surface area is 105 Å². The van der Waals surface area contributed by atoms with E-state index in [-0.39, 0.29) is 0 Å². The Morgan fingerprint density at radius 3 is 2.76 bits per heavy atom. The highest BCUT2D eigenvalue weighted by Crippen LogP contribution is 2.32. The zero-order valence-electron chi connectivity index (χ0n) is 9.75. The number of nitrogens with one attached hydrogen (secondary N) is 1. The van der Waals surface area contributed by atoms with Gasteiger partial charge in [0.1, 0.15) is 5.75 Å². The number of nitrogens with zero attached hydrogens (tertiary/aromatic N) is 1. The number of benzene rings is 1. The van der Waals surface area contributed by atoms with Gasteiger partial charge in [-0.05, 0) is 18.6 Å². The Bertz CT molecular complexity index is 557. The normalized spacial score (nSPS) is 10.6. The van der Waals surface area contributed by atoms with Crippen LogP contribution in [0.1, 0.15) is 12.6 Å².